The summed E-state index contributed by atoms with van der Waals surface area (Å²) >= 11 is 0. The molecule has 25 heavy (non-hydrogen) atoms. The fourth-order valence-corrected chi connectivity index (χ4v) is 2.43. The molecule has 0 aliphatic carbocycles. The second kappa shape index (κ2) is 7.17. The van der Waals surface area contributed by atoms with Crippen molar-refractivity contribution < 1.29 is 18.3 Å². The average molecular weight is 341 g/mol. The lowest BCUT2D eigenvalue weighted by atomic mass is 10.1. The van der Waals surface area contributed by atoms with Crippen LogP contribution in [0.2, 0.25) is 0 Å². The number of amides is 1. The highest BCUT2D eigenvalue weighted by Gasteiger charge is 2.12. The van der Waals surface area contributed by atoms with E-state index in [0.717, 1.165) is 5.56 Å². The van der Waals surface area contributed by atoms with E-state index in [1.54, 1.807) is 30.3 Å². The van der Waals surface area contributed by atoms with E-state index in [4.69, 9.17) is 9.15 Å². The first-order valence-corrected chi connectivity index (χ1v) is 7.71. The number of nitrogens with one attached hydrogen (secondary N) is 1. The number of carbonyl (C=O) groups is 1. The molecule has 2 aromatic carbocycles. The first-order valence-electron chi connectivity index (χ1n) is 7.71. The Balaban J connectivity index is 1.73. The first kappa shape index (κ1) is 16.7. The van der Waals surface area contributed by atoms with Gasteiger partial charge >= 0.3 is 0 Å². The standard InChI is InChI=1S/C19H16FNO4/c1-24-14-6-7-15-16(22)11-18(25-17(15)10-14)19(23)21-9-8-12-2-4-13(20)5-3-12/h2-7,10-11H,8-9H2,1H3,(H,21,23). The van der Waals surface area contributed by atoms with Crippen molar-refractivity contribution in [2.75, 3.05) is 13.7 Å². The summed E-state index contributed by atoms with van der Waals surface area (Å²) in [6.07, 6.45) is 0.539. The van der Waals surface area contributed by atoms with Crippen molar-refractivity contribution in [3.63, 3.8) is 0 Å². The lowest BCUT2D eigenvalue weighted by Crippen LogP contribution is -2.26. The molecule has 1 N–H and O–H groups in total. The molecule has 3 aromatic rings. The van der Waals surface area contributed by atoms with E-state index in [9.17, 15) is 14.0 Å². The number of benzene rings is 2. The zero-order valence-electron chi connectivity index (χ0n) is 13.5. The lowest BCUT2D eigenvalue weighted by Gasteiger charge is -2.06. The van der Waals surface area contributed by atoms with Crippen LogP contribution in [-0.2, 0) is 6.42 Å². The molecule has 3 rings (SSSR count). The van der Waals surface area contributed by atoms with Crippen molar-refractivity contribution in [1.29, 1.82) is 0 Å². The first-order chi connectivity index (χ1) is 12.1. The van der Waals surface area contributed by atoms with Crippen molar-refractivity contribution in [2.24, 2.45) is 0 Å². The van der Waals surface area contributed by atoms with Crippen LogP contribution in [0.25, 0.3) is 11.0 Å². The van der Waals surface area contributed by atoms with Crippen molar-refractivity contribution in [3.05, 3.63) is 75.9 Å². The highest BCUT2D eigenvalue weighted by molar-refractivity contribution is 5.93. The molecule has 0 saturated heterocycles. The molecule has 0 aliphatic heterocycles. The van der Waals surface area contributed by atoms with E-state index < -0.39 is 5.91 Å². The SMILES string of the molecule is COc1ccc2c(=O)cc(C(=O)NCCc3ccc(F)cc3)oc2c1. The number of ether oxygens (including phenoxy) is 1. The van der Waals surface area contributed by atoms with Crippen LogP contribution in [0.5, 0.6) is 5.75 Å². The van der Waals surface area contributed by atoms with Crippen molar-refractivity contribution in [1.82, 2.24) is 5.32 Å². The summed E-state index contributed by atoms with van der Waals surface area (Å²) in [5.74, 6) is -0.320. The van der Waals surface area contributed by atoms with Gasteiger partial charge in [-0.25, -0.2) is 4.39 Å². The van der Waals surface area contributed by atoms with Gasteiger partial charge in [-0.1, -0.05) is 12.1 Å². The van der Waals surface area contributed by atoms with Gasteiger partial charge in [-0.05, 0) is 36.2 Å². The fraction of sp³-hybridized carbons (Fsp3) is 0.158. The summed E-state index contributed by atoms with van der Waals surface area (Å²) < 4.78 is 23.5. The topological polar surface area (TPSA) is 68.5 Å². The zero-order valence-corrected chi connectivity index (χ0v) is 13.5. The molecule has 0 unspecified atom stereocenters. The van der Waals surface area contributed by atoms with E-state index in [0.29, 0.717) is 24.1 Å². The van der Waals surface area contributed by atoms with Crippen molar-refractivity contribution in [2.45, 2.75) is 6.42 Å². The maximum Gasteiger partial charge on any atom is 0.287 e. The van der Waals surface area contributed by atoms with E-state index in [2.05, 4.69) is 5.32 Å². The van der Waals surface area contributed by atoms with Crippen molar-refractivity contribution >= 4 is 16.9 Å². The predicted octanol–water partition coefficient (Wildman–Crippen LogP) is 2.91. The molecule has 128 valence electrons. The summed E-state index contributed by atoms with van der Waals surface area (Å²) in [7, 11) is 1.51. The number of fused-ring (bicyclic) bond motifs is 1. The minimum absolute atomic E-state index is 0.0649. The highest BCUT2D eigenvalue weighted by Crippen LogP contribution is 2.19. The molecule has 0 fully saturated rings. The minimum atomic E-state index is -0.482. The second-order valence-corrected chi connectivity index (χ2v) is 5.47. The Morgan fingerprint density at radius 1 is 1.16 bits per heavy atom. The average Bonchev–Trinajstić information content (AvgIpc) is 2.62. The molecule has 5 nitrogen and oxygen atoms in total. The van der Waals surface area contributed by atoms with E-state index >= 15 is 0 Å². The number of methoxy groups -OCH3 is 1. The van der Waals surface area contributed by atoms with Gasteiger partial charge in [-0.15, -0.1) is 0 Å². The van der Waals surface area contributed by atoms with E-state index in [1.165, 1.54) is 25.3 Å². The quantitative estimate of drug-likeness (QED) is 0.775. The number of carbonyl (C=O) groups excluding carboxylic acids is 1. The molecule has 1 heterocycles. The Hall–Kier alpha value is -3.15. The number of hydrogen-bond donors (Lipinski definition) is 1. The molecular weight excluding hydrogens is 325 g/mol. The smallest absolute Gasteiger partial charge is 0.287 e. The van der Waals surface area contributed by atoms with Gasteiger partial charge in [0, 0.05) is 18.7 Å². The van der Waals surface area contributed by atoms with Gasteiger partial charge in [0.1, 0.15) is 17.1 Å². The minimum Gasteiger partial charge on any atom is -0.497 e. The van der Waals surface area contributed by atoms with Crippen LogP contribution in [0, 0.1) is 5.82 Å². The summed E-state index contributed by atoms with van der Waals surface area (Å²) in [6.45, 7) is 0.338. The largest absolute Gasteiger partial charge is 0.497 e. The molecular formula is C19H16FNO4. The van der Waals surface area contributed by atoms with Crippen LogP contribution >= 0.6 is 0 Å². The van der Waals surface area contributed by atoms with E-state index in [-0.39, 0.29) is 22.6 Å². The summed E-state index contributed by atoms with van der Waals surface area (Å²) in [4.78, 5) is 24.3. The van der Waals surface area contributed by atoms with Gasteiger partial charge in [0.25, 0.3) is 5.91 Å². The third kappa shape index (κ3) is 3.85. The fourth-order valence-electron chi connectivity index (χ4n) is 2.43. The Bertz CT molecular complexity index is 963. The summed E-state index contributed by atoms with van der Waals surface area (Å²) in [5, 5.41) is 3.06. The second-order valence-electron chi connectivity index (χ2n) is 5.47. The van der Waals surface area contributed by atoms with E-state index in [1.807, 2.05) is 0 Å². The third-order valence-electron chi connectivity index (χ3n) is 3.77. The Morgan fingerprint density at radius 3 is 2.64 bits per heavy atom. The molecule has 6 heteroatoms. The predicted molar refractivity (Wildman–Crippen MR) is 91.5 cm³/mol. The van der Waals surface area contributed by atoms with Crippen LogP contribution in [0.1, 0.15) is 16.1 Å². The van der Waals surface area contributed by atoms with Gasteiger partial charge in [0.2, 0.25) is 0 Å². The van der Waals surface area contributed by atoms with Gasteiger partial charge in [0.05, 0.1) is 12.5 Å². The number of hydrogen-bond acceptors (Lipinski definition) is 4. The Morgan fingerprint density at radius 2 is 1.92 bits per heavy atom. The number of rotatable bonds is 5. The molecule has 0 radical (unpaired) electrons. The zero-order chi connectivity index (χ0) is 17.8. The van der Waals surface area contributed by atoms with Gasteiger partial charge in [0.15, 0.2) is 11.2 Å². The molecule has 0 aliphatic rings. The molecule has 0 atom stereocenters. The Labute approximate surface area is 143 Å². The monoisotopic (exact) mass is 341 g/mol. The highest BCUT2D eigenvalue weighted by atomic mass is 19.1. The molecule has 1 aromatic heterocycles. The summed E-state index contributed by atoms with van der Waals surface area (Å²) in [5.41, 5.74) is 0.884. The molecule has 1 amide bonds. The van der Waals surface area contributed by atoms with Crippen LogP contribution in [0.4, 0.5) is 4.39 Å². The summed E-state index contributed by atoms with van der Waals surface area (Å²) in [6, 6.07) is 12.0. The third-order valence-corrected chi connectivity index (χ3v) is 3.77. The molecule has 0 spiro atoms. The van der Waals surface area contributed by atoms with Crippen LogP contribution in [0.3, 0.4) is 0 Å². The van der Waals surface area contributed by atoms with Gasteiger partial charge < -0.3 is 14.5 Å². The van der Waals surface area contributed by atoms with Crippen LogP contribution < -0.4 is 15.5 Å². The van der Waals surface area contributed by atoms with Crippen LogP contribution in [-0.4, -0.2) is 19.6 Å². The maximum atomic E-state index is 12.9. The van der Waals surface area contributed by atoms with Crippen LogP contribution in [0.15, 0.2) is 57.7 Å². The maximum absolute atomic E-state index is 12.9. The van der Waals surface area contributed by atoms with Crippen molar-refractivity contribution in [3.8, 4) is 5.75 Å². The molecule has 0 bridgehead atoms. The Kier molecular flexibility index (Phi) is 4.79. The number of halogens is 1. The van der Waals surface area contributed by atoms with Gasteiger partial charge in [-0.2, -0.15) is 0 Å². The normalized spacial score (nSPS) is 10.6. The lowest BCUT2D eigenvalue weighted by molar-refractivity contribution is 0.0927. The van der Waals surface area contributed by atoms with Gasteiger partial charge in [-0.3, -0.25) is 9.59 Å². The molecule has 0 saturated carbocycles.